The summed E-state index contributed by atoms with van der Waals surface area (Å²) in [5, 5.41) is 3.41. The second-order valence-corrected chi connectivity index (χ2v) is 3.52. The Morgan fingerprint density at radius 2 is 2.40 bits per heavy atom. The van der Waals surface area contributed by atoms with Crippen molar-refractivity contribution < 1.29 is 0 Å². The third-order valence-corrected chi connectivity index (χ3v) is 2.65. The van der Waals surface area contributed by atoms with Crippen LogP contribution in [0.4, 0.5) is 0 Å². The summed E-state index contributed by atoms with van der Waals surface area (Å²) in [5.41, 5.74) is 0. The van der Waals surface area contributed by atoms with Crippen LogP contribution in [0.25, 0.3) is 0 Å². The fourth-order valence-electron chi connectivity index (χ4n) is 1.85. The molecule has 1 fully saturated rings. The van der Waals surface area contributed by atoms with Gasteiger partial charge in [0, 0.05) is 0 Å². The molecular weight excluding hydrogens is 121 g/mol. The van der Waals surface area contributed by atoms with Crippen LogP contribution >= 0.6 is 0 Å². The first kappa shape index (κ1) is 8.12. The second-order valence-electron chi connectivity index (χ2n) is 3.52. The van der Waals surface area contributed by atoms with Crippen molar-refractivity contribution in [3.63, 3.8) is 0 Å². The van der Waals surface area contributed by atoms with Crippen molar-refractivity contribution in [2.75, 3.05) is 13.1 Å². The molecule has 0 amide bonds. The predicted molar refractivity (Wildman–Crippen MR) is 48.0 cm³/mol. The smallest absolute Gasteiger partial charge is 0.141 e. The molecule has 0 aromatic rings. The van der Waals surface area contributed by atoms with Crippen molar-refractivity contribution in [1.82, 2.24) is 5.32 Å². The van der Waals surface area contributed by atoms with Crippen LogP contribution in [-0.2, 0) is 0 Å². The summed E-state index contributed by atoms with van der Waals surface area (Å²) in [6, 6.07) is 0. The van der Waals surface area contributed by atoms with E-state index < -0.39 is 0 Å². The Morgan fingerprint density at radius 3 is 2.90 bits per heavy atom. The maximum Gasteiger partial charge on any atom is 0.141 e. The first-order chi connectivity index (χ1) is 4.84. The normalized spacial score (nSPS) is 25.2. The summed E-state index contributed by atoms with van der Waals surface area (Å²) in [6.07, 6.45) is 4.16. The number of hydrogen-bond acceptors (Lipinski definition) is 1. The van der Waals surface area contributed by atoms with E-state index in [1.54, 1.807) is 0 Å². The lowest BCUT2D eigenvalue weighted by atomic mass is 9.40. The summed E-state index contributed by atoms with van der Waals surface area (Å²) < 4.78 is 0. The molecule has 0 aromatic carbocycles. The second kappa shape index (κ2) is 4.02. The molecule has 0 saturated carbocycles. The van der Waals surface area contributed by atoms with Crippen molar-refractivity contribution in [2.45, 2.75) is 38.7 Å². The van der Waals surface area contributed by atoms with E-state index in [4.69, 9.17) is 0 Å². The molecule has 1 atom stereocenters. The van der Waals surface area contributed by atoms with Gasteiger partial charge < -0.3 is 5.32 Å². The van der Waals surface area contributed by atoms with Gasteiger partial charge in [-0.25, -0.2) is 0 Å². The van der Waals surface area contributed by atoms with Crippen molar-refractivity contribution in [3.05, 3.63) is 0 Å². The monoisotopic (exact) mass is 139 g/mol. The molecule has 1 rings (SSSR count). The van der Waals surface area contributed by atoms with Gasteiger partial charge in [-0.15, -0.1) is 0 Å². The fourth-order valence-corrected chi connectivity index (χ4v) is 1.85. The molecule has 1 nitrogen and oxygen atoms in total. The lowest BCUT2D eigenvalue weighted by Crippen LogP contribution is -2.18. The first-order valence-electron chi connectivity index (χ1n) is 4.55. The zero-order chi connectivity index (χ0) is 7.40. The first-order valence-corrected chi connectivity index (χ1v) is 4.55. The van der Waals surface area contributed by atoms with Gasteiger partial charge in [0.1, 0.15) is 6.71 Å². The molecule has 0 radical (unpaired) electrons. The van der Waals surface area contributed by atoms with E-state index in [0.29, 0.717) is 0 Å². The van der Waals surface area contributed by atoms with E-state index in [0.717, 1.165) is 12.5 Å². The van der Waals surface area contributed by atoms with E-state index in [2.05, 4.69) is 19.1 Å². The van der Waals surface area contributed by atoms with E-state index >= 15 is 0 Å². The molecule has 1 unspecified atom stereocenters. The summed E-state index contributed by atoms with van der Waals surface area (Å²) >= 11 is 0. The molecule has 0 aromatic heterocycles. The highest BCUT2D eigenvalue weighted by Crippen LogP contribution is 2.21. The minimum atomic E-state index is 0.944. The average Bonchev–Trinajstić information content (AvgIpc) is 2.38. The summed E-state index contributed by atoms with van der Waals surface area (Å²) in [5.74, 6) is 0.972. The van der Waals surface area contributed by atoms with Crippen molar-refractivity contribution in [2.24, 2.45) is 0 Å². The molecule has 0 spiro atoms. The molecule has 1 N–H and O–H groups in total. The van der Waals surface area contributed by atoms with Gasteiger partial charge >= 0.3 is 0 Å². The van der Waals surface area contributed by atoms with E-state index in [-0.39, 0.29) is 0 Å². The molecule has 1 aliphatic heterocycles. The zero-order valence-corrected chi connectivity index (χ0v) is 7.19. The summed E-state index contributed by atoms with van der Waals surface area (Å²) in [4.78, 5) is 0. The topological polar surface area (TPSA) is 12.0 Å². The Morgan fingerprint density at radius 1 is 1.60 bits per heavy atom. The van der Waals surface area contributed by atoms with Crippen LogP contribution in [0, 0.1) is 0 Å². The summed E-state index contributed by atoms with van der Waals surface area (Å²) in [6.45, 7) is 8.12. The van der Waals surface area contributed by atoms with Crippen LogP contribution in [-0.4, -0.2) is 19.8 Å². The molecule has 2 heteroatoms. The molecular formula is C8H18BN. The highest BCUT2D eigenvalue weighted by atomic mass is 14.9. The number of hydrogen-bond donors (Lipinski definition) is 1. The Bertz CT molecular complexity index is 89.3. The van der Waals surface area contributed by atoms with Crippen LogP contribution in [0.1, 0.15) is 19.8 Å². The zero-order valence-electron chi connectivity index (χ0n) is 7.19. The van der Waals surface area contributed by atoms with Gasteiger partial charge in [-0.3, -0.25) is 0 Å². The maximum atomic E-state index is 3.41. The molecule has 58 valence electrons. The quantitative estimate of drug-likeness (QED) is 0.588. The lowest BCUT2D eigenvalue weighted by Gasteiger charge is -2.12. The molecule has 1 saturated heterocycles. The Balaban J connectivity index is 2.18. The Kier molecular flexibility index (Phi) is 3.27. The SMILES string of the molecule is CCCB(C)C1CCNC1. The largest absolute Gasteiger partial charge is 0.317 e. The lowest BCUT2D eigenvalue weighted by molar-refractivity contribution is 0.850. The van der Waals surface area contributed by atoms with Crippen molar-refractivity contribution >= 4 is 6.71 Å². The van der Waals surface area contributed by atoms with Crippen molar-refractivity contribution in [1.29, 1.82) is 0 Å². The van der Waals surface area contributed by atoms with Gasteiger partial charge in [0.15, 0.2) is 0 Å². The maximum absolute atomic E-state index is 3.41. The third kappa shape index (κ3) is 2.01. The van der Waals surface area contributed by atoms with Gasteiger partial charge in [-0.05, 0) is 25.3 Å². The third-order valence-electron chi connectivity index (χ3n) is 2.65. The van der Waals surface area contributed by atoms with Crippen LogP contribution < -0.4 is 5.32 Å². The van der Waals surface area contributed by atoms with Gasteiger partial charge in [0.05, 0.1) is 0 Å². The highest BCUT2D eigenvalue weighted by Gasteiger charge is 2.22. The van der Waals surface area contributed by atoms with E-state index in [9.17, 15) is 0 Å². The van der Waals surface area contributed by atoms with Gasteiger partial charge in [0.25, 0.3) is 0 Å². The standard InChI is InChI=1S/C8H18BN/c1-3-5-9(2)8-4-6-10-7-8/h8,10H,3-7H2,1-2H3. The van der Waals surface area contributed by atoms with E-state index in [1.165, 1.54) is 32.3 Å². The van der Waals surface area contributed by atoms with Crippen LogP contribution in [0.15, 0.2) is 0 Å². The molecule has 0 bridgehead atoms. The van der Waals surface area contributed by atoms with Crippen LogP contribution in [0.2, 0.25) is 19.0 Å². The minimum Gasteiger partial charge on any atom is -0.317 e. The van der Waals surface area contributed by atoms with E-state index in [1.807, 2.05) is 0 Å². The number of nitrogens with one attached hydrogen (secondary N) is 1. The van der Waals surface area contributed by atoms with Crippen LogP contribution in [0.3, 0.4) is 0 Å². The van der Waals surface area contributed by atoms with Gasteiger partial charge in [-0.1, -0.05) is 26.5 Å². The van der Waals surface area contributed by atoms with Crippen molar-refractivity contribution in [3.8, 4) is 0 Å². The fraction of sp³-hybridized carbons (Fsp3) is 1.00. The number of rotatable bonds is 3. The molecule has 0 aliphatic carbocycles. The minimum absolute atomic E-state index is 0.944. The average molecular weight is 139 g/mol. The Labute approximate surface area is 64.7 Å². The predicted octanol–water partition coefficient (Wildman–Crippen LogP) is 1.88. The highest BCUT2D eigenvalue weighted by molar-refractivity contribution is 6.59. The summed E-state index contributed by atoms with van der Waals surface area (Å²) in [7, 11) is 0. The van der Waals surface area contributed by atoms with Gasteiger partial charge in [0.2, 0.25) is 0 Å². The van der Waals surface area contributed by atoms with Crippen LogP contribution in [0.5, 0.6) is 0 Å². The molecule has 10 heavy (non-hydrogen) atoms. The Hall–Kier alpha value is 0.0249. The molecule has 1 aliphatic rings. The van der Waals surface area contributed by atoms with Gasteiger partial charge in [-0.2, -0.15) is 0 Å². The molecule has 1 heterocycles.